The van der Waals surface area contributed by atoms with Gasteiger partial charge in [-0.15, -0.1) is 11.8 Å². The van der Waals surface area contributed by atoms with Crippen LogP contribution in [0.1, 0.15) is 40.0 Å². The largest absolute Gasteiger partial charge is 0.394 e. The number of hydrogen-bond donors (Lipinski definition) is 1. The summed E-state index contributed by atoms with van der Waals surface area (Å²) in [6, 6.07) is -1.16. The molecule has 1 N–H and O–H groups in total. The van der Waals surface area contributed by atoms with Crippen molar-refractivity contribution in [2.24, 2.45) is 11.8 Å². The molecule has 8 heteroatoms. The number of fused-ring (bicyclic) bond motifs is 2. The van der Waals surface area contributed by atoms with Gasteiger partial charge in [-0.2, -0.15) is 0 Å². The van der Waals surface area contributed by atoms with Gasteiger partial charge in [-0.05, 0) is 19.8 Å². The fourth-order valence-electron chi connectivity index (χ4n) is 5.99. The lowest BCUT2D eigenvalue weighted by Crippen LogP contribution is -2.56. The fourth-order valence-corrected chi connectivity index (χ4v) is 8.13. The monoisotopic (exact) mass is 461 g/mol. The van der Waals surface area contributed by atoms with Crippen LogP contribution in [0.2, 0.25) is 0 Å². The van der Waals surface area contributed by atoms with Crippen LogP contribution in [0.4, 0.5) is 0 Å². The number of amides is 3. The Morgan fingerprint density at radius 1 is 1.09 bits per heavy atom. The van der Waals surface area contributed by atoms with Gasteiger partial charge < -0.3 is 19.8 Å². The van der Waals surface area contributed by atoms with Crippen LogP contribution in [0.3, 0.4) is 0 Å². The van der Waals surface area contributed by atoms with Crippen molar-refractivity contribution < 1.29 is 19.5 Å². The number of carbonyl (C=O) groups is 3. The highest BCUT2D eigenvalue weighted by molar-refractivity contribution is 8.02. The molecular formula is C24H35N3O4S. The molecule has 0 aromatic rings. The molecule has 2 fully saturated rings. The quantitative estimate of drug-likeness (QED) is 0.609. The molecule has 4 heterocycles. The molecule has 4 rings (SSSR count). The van der Waals surface area contributed by atoms with Gasteiger partial charge in [0.1, 0.15) is 6.04 Å². The molecule has 32 heavy (non-hydrogen) atoms. The van der Waals surface area contributed by atoms with Gasteiger partial charge in [0.05, 0.1) is 29.2 Å². The number of rotatable bonds is 6. The van der Waals surface area contributed by atoms with Gasteiger partial charge in [0.25, 0.3) is 0 Å². The average Bonchev–Trinajstić information content (AvgIpc) is 3.04. The third-order valence-electron chi connectivity index (χ3n) is 7.64. The van der Waals surface area contributed by atoms with Crippen LogP contribution in [0.25, 0.3) is 0 Å². The van der Waals surface area contributed by atoms with E-state index < -0.39 is 33.4 Å². The highest BCUT2D eigenvalue weighted by Crippen LogP contribution is 2.65. The molecular weight excluding hydrogens is 426 g/mol. The van der Waals surface area contributed by atoms with Crippen molar-refractivity contribution in [3.63, 3.8) is 0 Å². The molecule has 0 bridgehead atoms. The summed E-state index contributed by atoms with van der Waals surface area (Å²) in [5.74, 6) is -1.47. The SMILES string of the molecule is CCCCN1CC=C[C@]23S[C@@]4(C)C=CCN(C)C(=O)[C@H]4[C@H]2C(=O)N([C@@H](CC)CO)C3C1=O. The molecule has 0 aliphatic carbocycles. The molecule has 4 aliphatic heterocycles. The van der Waals surface area contributed by atoms with Gasteiger partial charge in [0, 0.05) is 31.4 Å². The van der Waals surface area contributed by atoms with Crippen LogP contribution >= 0.6 is 11.8 Å². The Hall–Kier alpha value is -1.80. The highest BCUT2D eigenvalue weighted by atomic mass is 32.2. The van der Waals surface area contributed by atoms with Crippen molar-refractivity contribution >= 4 is 29.5 Å². The lowest BCUT2D eigenvalue weighted by atomic mass is 9.74. The number of likely N-dealkylation sites (tertiary alicyclic amines) is 1. The predicted octanol–water partition coefficient (Wildman–Crippen LogP) is 1.67. The smallest absolute Gasteiger partial charge is 0.247 e. The predicted molar refractivity (Wildman–Crippen MR) is 125 cm³/mol. The normalized spacial score (nSPS) is 37.3. The van der Waals surface area contributed by atoms with Crippen molar-refractivity contribution in [2.75, 3.05) is 33.3 Å². The van der Waals surface area contributed by atoms with E-state index in [9.17, 15) is 19.5 Å². The molecule has 1 spiro atoms. The molecule has 7 nitrogen and oxygen atoms in total. The second-order valence-corrected chi connectivity index (χ2v) is 11.4. The fraction of sp³-hybridized carbons (Fsp3) is 0.708. The van der Waals surface area contributed by atoms with Gasteiger partial charge in [-0.3, -0.25) is 14.4 Å². The Balaban J connectivity index is 1.87. The number of hydrogen-bond acceptors (Lipinski definition) is 5. The number of unbranched alkanes of at least 4 members (excludes halogenated alkanes) is 1. The maximum Gasteiger partial charge on any atom is 0.247 e. The summed E-state index contributed by atoms with van der Waals surface area (Å²) < 4.78 is -1.40. The van der Waals surface area contributed by atoms with Crippen LogP contribution in [0.5, 0.6) is 0 Å². The molecule has 0 radical (unpaired) electrons. The van der Waals surface area contributed by atoms with E-state index in [0.717, 1.165) is 12.8 Å². The van der Waals surface area contributed by atoms with Gasteiger partial charge in [0.15, 0.2) is 0 Å². The van der Waals surface area contributed by atoms with Gasteiger partial charge in [-0.25, -0.2) is 0 Å². The van der Waals surface area contributed by atoms with E-state index >= 15 is 0 Å². The molecule has 1 unspecified atom stereocenters. The van der Waals surface area contributed by atoms with E-state index in [0.29, 0.717) is 26.1 Å². The summed E-state index contributed by atoms with van der Waals surface area (Å²) in [7, 11) is 1.77. The van der Waals surface area contributed by atoms with Gasteiger partial charge in [0.2, 0.25) is 17.7 Å². The van der Waals surface area contributed by atoms with Gasteiger partial charge in [-0.1, -0.05) is 44.6 Å². The summed E-state index contributed by atoms with van der Waals surface area (Å²) in [5, 5.41) is 10.1. The lowest BCUT2D eigenvalue weighted by molar-refractivity contribution is -0.147. The zero-order valence-corrected chi connectivity index (χ0v) is 20.3. The first-order valence-electron chi connectivity index (χ1n) is 11.8. The Kier molecular flexibility index (Phi) is 6.22. The maximum atomic E-state index is 14.0. The third-order valence-corrected chi connectivity index (χ3v) is 9.43. The van der Waals surface area contributed by atoms with Crippen molar-refractivity contribution in [3.8, 4) is 0 Å². The van der Waals surface area contributed by atoms with E-state index in [1.165, 1.54) is 0 Å². The number of nitrogens with zero attached hydrogens (tertiary/aromatic N) is 3. The minimum Gasteiger partial charge on any atom is -0.394 e. The summed E-state index contributed by atoms with van der Waals surface area (Å²) in [5.41, 5.74) is 0. The van der Waals surface area contributed by atoms with Crippen molar-refractivity contribution in [2.45, 2.75) is 61.6 Å². The van der Waals surface area contributed by atoms with Crippen molar-refractivity contribution in [1.82, 2.24) is 14.7 Å². The lowest BCUT2D eigenvalue weighted by Gasteiger charge is -2.39. The Morgan fingerprint density at radius 2 is 1.81 bits per heavy atom. The van der Waals surface area contributed by atoms with Crippen LogP contribution in [-0.2, 0) is 14.4 Å². The van der Waals surface area contributed by atoms with Crippen LogP contribution in [-0.4, -0.2) is 92.4 Å². The van der Waals surface area contributed by atoms with Crippen LogP contribution in [0.15, 0.2) is 24.3 Å². The molecule has 6 atom stereocenters. The Labute approximate surface area is 194 Å². The standard InChI is InChI=1S/C24H35N3O4S/c1-5-7-13-26-14-9-11-24-18(17-20(29)25(4)12-8-10-23(17,3)32-24)21(30)27(16(6-2)15-28)19(24)22(26)31/h8-11,16-19,28H,5-7,12-15H2,1-4H3/t16-,17+,18-,19?,23-,24-/m0/s1. The molecule has 3 amide bonds. The van der Waals surface area contributed by atoms with Crippen molar-refractivity contribution in [1.29, 1.82) is 0 Å². The summed E-state index contributed by atoms with van der Waals surface area (Å²) >= 11 is 1.59. The molecule has 4 aliphatic rings. The van der Waals surface area contributed by atoms with Crippen LogP contribution in [0, 0.1) is 11.8 Å². The molecule has 0 aromatic heterocycles. The first-order valence-corrected chi connectivity index (χ1v) is 12.6. The molecule has 0 saturated carbocycles. The summed E-state index contributed by atoms with van der Waals surface area (Å²) in [6.45, 7) is 7.50. The summed E-state index contributed by atoms with van der Waals surface area (Å²) in [4.78, 5) is 46.7. The molecule has 2 saturated heterocycles. The number of carbonyl (C=O) groups excluding carboxylic acids is 3. The topological polar surface area (TPSA) is 81.2 Å². The highest BCUT2D eigenvalue weighted by Gasteiger charge is 2.74. The van der Waals surface area contributed by atoms with Crippen LogP contribution < -0.4 is 0 Å². The van der Waals surface area contributed by atoms with E-state index in [1.54, 1.807) is 28.6 Å². The zero-order valence-electron chi connectivity index (χ0n) is 19.5. The van der Waals surface area contributed by atoms with E-state index in [4.69, 9.17) is 0 Å². The third kappa shape index (κ3) is 3.24. The number of aliphatic hydroxyl groups is 1. The van der Waals surface area contributed by atoms with Crippen molar-refractivity contribution in [3.05, 3.63) is 24.3 Å². The first-order chi connectivity index (χ1) is 15.3. The van der Waals surface area contributed by atoms with E-state index in [2.05, 4.69) is 13.0 Å². The van der Waals surface area contributed by atoms with E-state index in [1.807, 2.05) is 37.0 Å². The Bertz CT molecular complexity index is 856. The summed E-state index contributed by atoms with van der Waals surface area (Å²) in [6.07, 6.45) is 10.5. The van der Waals surface area contributed by atoms with E-state index in [-0.39, 0.29) is 24.3 Å². The molecule has 0 aromatic carbocycles. The second-order valence-electron chi connectivity index (χ2n) is 9.65. The molecule has 176 valence electrons. The second kappa shape index (κ2) is 8.52. The number of likely N-dealkylation sites (N-methyl/N-ethyl adjacent to an activating group) is 1. The Morgan fingerprint density at radius 3 is 2.47 bits per heavy atom. The first kappa shape index (κ1) is 23.4. The number of thioether (sulfide) groups is 1. The minimum absolute atomic E-state index is 0.0502. The minimum atomic E-state index is -0.824. The zero-order chi connectivity index (χ0) is 23.3. The maximum absolute atomic E-state index is 14.0. The number of aliphatic hydroxyl groups excluding tert-OH is 1. The average molecular weight is 462 g/mol. The van der Waals surface area contributed by atoms with Gasteiger partial charge >= 0.3 is 0 Å².